The summed E-state index contributed by atoms with van der Waals surface area (Å²) in [6.07, 6.45) is 2.84. The minimum Gasteiger partial charge on any atom is -0.466 e. The average Bonchev–Trinajstić information content (AvgIpc) is 2.35. The Morgan fingerprint density at radius 3 is 2.15 bits per heavy atom. The summed E-state index contributed by atoms with van der Waals surface area (Å²) in [5.41, 5.74) is 1.79. The number of esters is 1. The van der Waals surface area contributed by atoms with Gasteiger partial charge in [-0.15, -0.1) is 0 Å². The topological polar surface area (TPSA) is 35.5 Å². The van der Waals surface area contributed by atoms with Crippen LogP contribution in [0.5, 0.6) is 0 Å². The van der Waals surface area contributed by atoms with Crippen molar-refractivity contribution in [2.24, 2.45) is 0 Å². The zero-order valence-corrected chi connectivity index (χ0v) is 15.6. The molecular weight excluding hydrogens is 268 g/mol. The Morgan fingerprint density at radius 1 is 1.20 bits per heavy atom. The molecule has 0 aromatic heterocycles. The van der Waals surface area contributed by atoms with Crippen molar-refractivity contribution >= 4 is 14.3 Å². The lowest BCUT2D eigenvalue weighted by molar-refractivity contribution is -0.136. The van der Waals surface area contributed by atoms with Crippen LogP contribution in [0.15, 0.2) is 11.1 Å². The van der Waals surface area contributed by atoms with Gasteiger partial charge in [0.25, 0.3) is 0 Å². The van der Waals surface area contributed by atoms with Crippen molar-refractivity contribution in [3.05, 3.63) is 11.1 Å². The lowest BCUT2D eigenvalue weighted by atomic mass is 10.0. The van der Waals surface area contributed by atoms with E-state index in [1.54, 1.807) is 0 Å². The minimum atomic E-state index is -1.78. The van der Waals surface area contributed by atoms with Gasteiger partial charge in [-0.2, -0.15) is 0 Å². The van der Waals surface area contributed by atoms with E-state index < -0.39 is 8.32 Å². The van der Waals surface area contributed by atoms with Gasteiger partial charge < -0.3 is 9.16 Å². The third kappa shape index (κ3) is 5.79. The molecule has 0 saturated carbocycles. The first kappa shape index (κ1) is 19.4. The molecule has 118 valence electrons. The Balaban J connectivity index is 4.93. The van der Waals surface area contributed by atoms with E-state index in [1.807, 2.05) is 6.92 Å². The number of methoxy groups -OCH3 is 1. The second kappa shape index (κ2) is 7.98. The zero-order valence-electron chi connectivity index (χ0n) is 14.6. The highest BCUT2D eigenvalue weighted by molar-refractivity contribution is 6.74. The second-order valence-electron chi connectivity index (χ2n) is 6.90. The summed E-state index contributed by atoms with van der Waals surface area (Å²) in [6.45, 7) is 15.7. The molecule has 0 saturated heterocycles. The van der Waals surface area contributed by atoms with Gasteiger partial charge in [-0.25, -0.2) is 4.79 Å². The largest absolute Gasteiger partial charge is 0.466 e. The van der Waals surface area contributed by atoms with Crippen molar-refractivity contribution in [2.45, 2.75) is 72.0 Å². The van der Waals surface area contributed by atoms with Gasteiger partial charge in [0.15, 0.2) is 8.32 Å². The van der Waals surface area contributed by atoms with E-state index in [4.69, 9.17) is 9.16 Å². The van der Waals surface area contributed by atoms with E-state index in [9.17, 15) is 4.79 Å². The van der Waals surface area contributed by atoms with Crippen LogP contribution in [0.25, 0.3) is 0 Å². The summed E-state index contributed by atoms with van der Waals surface area (Å²) in [4.78, 5) is 11.9. The van der Waals surface area contributed by atoms with Gasteiger partial charge in [-0.05, 0) is 43.5 Å². The Labute approximate surface area is 125 Å². The summed E-state index contributed by atoms with van der Waals surface area (Å²) < 4.78 is 11.1. The van der Waals surface area contributed by atoms with E-state index in [0.29, 0.717) is 6.61 Å². The van der Waals surface area contributed by atoms with Crippen LogP contribution >= 0.6 is 0 Å². The van der Waals surface area contributed by atoms with Crippen LogP contribution in [-0.4, -0.2) is 28.0 Å². The monoisotopic (exact) mass is 300 g/mol. The molecule has 0 atom stereocenters. The summed E-state index contributed by atoms with van der Waals surface area (Å²) in [6, 6.07) is 0. The van der Waals surface area contributed by atoms with Gasteiger partial charge in [-0.3, -0.25) is 0 Å². The van der Waals surface area contributed by atoms with Crippen LogP contribution in [0.2, 0.25) is 18.1 Å². The standard InChI is InChI=1S/C16H32O3Si/c1-9-10-11-14(15(17)18-6)13(2)12-19-20(7,8)16(3,4)5/h9-12H2,1-8H3/b14-13-. The van der Waals surface area contributed by atoms with E-state index in [0.717, 1.165) is 30.4 Å². The van der Waals surface area contributed by atoms with E-state index in [1.165, 1.54) is 7.11 Å². The third-order valence-corrected chi connectivity index (χ3v) is 8.66. The highest BCUT2D eigenvalue weighted by Gasteiger charge is 2.37. The van der Waals surface area contributed by atoms with Crippen LogP contribution in [0.4, 0.5) is 0 Å². The van der Waals surface area contributed by atoms with Gasteiger partial charge in [0.2, 0.25) is 0 Å². The molecule has 0 heterocycles. The molecule has 0 aliphatic rings. The summed E-state index contributed by atoms with van der Waals surface area (Å²) in [5.74, 6) is -0.213. The fourth-order valence-corrected chi connectivity index (χ4v) is 2.57. The molecule has 0 aromatic rings. The smallest absolute Gasteiger partial charge is 0.333 e. The number of carbonyl (C=O) groups excluding carboxylic acids is 1. The second-order valence-corrected chi connectivity index (χ2v) is 11.7. The molecule has 0 aromatic carbocycles. The number of hydrogen-bond donors (Lipinski definition) is 0. The van der Waals surface area contributed by atoms with Gasteiger partial charge in [0.05, 0.1) is 13.7 Å². The van der Waals surface area contributed by atoms with Crippen LogP contribution in [0.3, 0.4) is 0 Å². The Bertz CT molecular complexity index is 351. The molecular formula is C16H32O3Si. The number of carbonyl (C=O) groups is 1. The molecule has 4 heteroatoms. The SMILES string of the molecule is CCCC/C(C(=O)OC)=C(\C)CO[Si](C)(C)C(C)(C)C. The maximum absolute atomic E-state index is 11.9. The molecule has 0 radical (unpaired) electrons. The van der Waals surface area contributed by atoms with Crippen LogP contribution in [0, 0.1) is 0 Å². The third-order valence-electron chi connectivity index (χ3n) is 4.18. The summed E-state index contributed by atoms with van der Waals surface area (Å²) >= 11 is 0. The minimum absolute atomic E-state index is 0.183. The predicted molar refractivity (Wildman–Crippen MR) is 87.4 cm³/mol. The van der Waals surface area contributed by atoms with Gasteiger partial charge in [-0.1, -0.05) is 34.1 Å². The average molecular weight is 301 g/mol. The van der Waals surface area contributed by atoms with Crippen molar-refractivity contribution in [1.82, 2.24) is 0 Å². The summed E-state index contributed by atoms with van der Waals surface area (Å²) in [7, 11) is -0.335. The zero-order chi connectivity index (χ0) is 16.0. The number of rotatable bonds is 7. The lowest BCUT2D eigenvalue weighted by Gasteiger charge is -2.36. The molecule has 0 spiro atoms. The van der Waals surface area contributed by atoms with Gasteiger partial charge in [0, 0.05) is 5.57 Å². The van der Waals surface area contributed by atoms with Crippen molar-refractivity contribution < 1.29 is 14.0 Å². The van der Waals surface area contributed by atoms with Crippen molar-refractivity contribution in [2.75, 3.05) is 13.7 Å². The maximum atomic E-state index is 11.9. The molecule has 0 bridgehead atoms. The molecule has 0 fully saturated rings. The first-order chi connectivity index (χ1) is 9.06. The number of hydrogen-bond acceptors (Lipinski definition) is 3. The molecule has 0 aliphatic carbocycles. The normalized spacial score (nSPS) is 14.0. The Hall–Kier alpha value is -0.613. The first-order valence-electron chi connectivity index (χ1n) is 7.47. The van der Waals surface area contributed by atoms with Gasteiger partial charge in [0.1, 0.15) is 0 Å². The molecule has 0 N–H and O–H groups in total. The number of unbranched alkanes of at least 4 members (excludes halogenated alkanes) is 1. The predicted octanol–water partition coefficient (Wildman–Crippen LogP) is 4.69. The van der Waals surface area contributed by atoms with Crippen molar-refractivity contribution in [1.29, 1.82) is 0 Å². The highest BCUT2D eigenvalue weighted by atomic mass is 28.4. The quantitative estimate of drug-likeness (QED) is 0.389. The molecule has 0 unspecified atom stereocenters. The van der Waals surface area contributed by atoms with E-state index in [2.05, 4.69) is 40.8 Å². The summed E-state index contributed by atoms with van der Waals surface area (Å²) in [5, 5.41) is 0.183. The lowest BCUT2D eigenvalue weighted by Crippen LogP contribution is -2.41. The highest BCUT2D eigenvalue weighted by Crippen LogP contribution is 2.36. The molecule has 20 heavy (non-hydrogen) atoms. The first-order valence-corrected chi connectivity index (χ1v) is 10.4. The number of ether oxygens (including phenoxy) is 1. The van der Waals surface area contributed by atoms with Crippen LogP contribution < -0.4 is 0 Å². The fourth-order valence-electron chi connectivity index (χ4n) is 1.56. The molecule has 0 rings (SSSR count). The Kier molecular flexibility index (Phi) is 7.74. The van der Waals surface area contributed by atoms with E-state index in [-0.39, 0.29) is 11.0 Å². The fraction of sp³-hybridized carbons (Fsp3) is 0.812. The van der Waals surface area contributed by atoms with Gasteiger partial charge >= 0.3 is 5.97 Å². The molecule has 0 aliphatic heterocycles. The maximum Gasteiger partial charge on any atom is 0.333 e. The van der Waals surface area contributed by atoms with Crippen LogP contribution in [0.1, 0.15) is 53.9 Å². The Morgan fingerprint density at radius 2 is 1.75 bits per heavy atom. The van der Waals surface area contributed by atoms with Crippen molar-refractivity contribution in [3.63, 3.8) is 0 Å². The van der Waals surface area contributed by atoms with Crippen LogP contribution in [-0.2, 0) is 14.0 Å². The molecule has 3 nitrogen and oxygen atoms in total. The van der Waals surface area contributed by atoms with Crippen molar-refractivity contribution in [3.8, 4) is 0 Å². The molecule has 0 amide bonds. The van der Waals surface area contributed by atoms with E-state index >= 15 is 0 Å².